The van der Waals surface area contributed by atoms with Crippen LogP contribution in [0.2, 0.25) is 5.02 Å². The van der Waals surface area contributed by atoms with E-state index in [1.807, 2.05) is 26.1 Å². The van der Waals surface area contributed by atoms with Crippen LogP contribution in [0, 0.1) is 5.92 Å². The second kappa shape index (κ2) is 11.7. The Morgan fingerprint density at radius 3 is 2.86 bits per heavy atom. The Morgan fingerprint density at radius 1 is 1.33 bits per heavy atom. The highest BCUT2D eigenvalue weighted by Gasteiger charge is 2.29. The van der Waals surface area contributed by atoms with Gasteiger partial charge in [0.1, 0.15) is 10.8 Å². The zero-order valence-corrected chi connectivity index (χ0v) is 23.1. The number of aromatic nitrogens is 3. The van der Waals surface area contributed by atoms with Crippen LogP contribution in [-0.4, -0.2) is 39.0 Å². The van der Waals surface area contributed by atoms with Crippen molar-refractivity contribution < 1.29 is 19.1 Å². The molecule has 1 aliphatic rings. The van der Waals surface area contributed by atoms with Crippen molar-refractivity contribution in [2.45, 2.75) is 51.3 Å². The molecule has 1 amide bonds. The maximum absolute atomic E-state index is 12.9. The second-order valence-corrected chi connectivity index (χ2v) is 11.2. The van der Waals surface area contributed by atoms with E-state index in [1.165, 1.54) is 23.1 Å². The lowest BCUT2D eigenvalue weighted by molar-refractivity contribution is -0.113. The molecule has 8 nitrogen and oxygen atoms in total. The number of carbonyl (C=O) groups is 2. The van der Waals surface area contributed by atoms with Crippen LogP contribution in [0.5, 0.6) is 5.75 Å². The smallest absolute Gasteiger partial charge is 0.341 e. The van der Waals surface area contributed by atoms with Crippen LogP contribution >= 0.6 is 34.7 Å². The molecule has 2 unspecified atom stereocenters. The van der Waals surface area contributed by atoms with Gasteiger partial charge in [-0.15, -0.1) is 21.5 Å². The molecule has 36 heavy (non-hydrogen) atoms. The van der Waals surface area contributed by atoms with Crippen LogP contribution in [0.1, 0.15) is 59.9 Å². The molecule has 0 bridgehead atoms. The lowest BCUT2D eigenvalue weighted by Crippen LogP contribution is -2.18. The van der Waals surface area contributed by atoms with E-state index in [2.05, 4.69) is 22.4 Å². The molecule has 11 heteroatoms. The van der Waals surface area contributed by atoms with Crippen molar-refractivity contribution in [3.05, 3.63) is 51.1 Å². The number of thiophene rings is 1. The third-order valence-corrected chi connectivity index (χ3v) is 8.45. The van der Waals surface area contributed by atoms with E-state index in [0.29, 0.717) is 38.2 Å². The van der Waals surface area contributed by atoms with Gasteiger partial charge in [0.05, 0.1) is 22.9 Å². The van der Waals surface area contributed by atoms with E-state index in [4.69, 9.17) is 21.1 Å². The molecule has 0 radical (unpaired) electrons. The Balaban J connectivity index is 1.42. The Bertz CT molecular complexity index is 1260. The number of halogens is 1. The van der Waals surface area contributed by atoms with Gasteiger partial charge in [-0.3, -0.25) is 4.79 Å². The molecule has 1 N–H and O–H groups in total. The SMILES string of the molecule is CCOC(=O)c1c(NC(=O)CSc2nnc(C(C)Oc3ccccc3Cl)n2C)sc2c1CCC(C)C2. The molecule has 192 valence electrons. The molecule has 0 saturated heterocycles. The Kier molecular flexibility index (Phi) is 8.58. The Labute approximate surface area is 223 Å². The van der Waals surface area contributed by atoms with E-state index in [1.54, 1.807) is 23.6 Å². The minimum Gasteiger partial charge on any atom is -0.481 e. The lowest BCUT2D eigenvalue weighted by Gasteiger charge is -2.18. The zero-order chi connectivity index (χ0) is 25.8. The fourth-order valence-corrected chi connectivity index (χ4v) is 6.45. The Hall–Kier alpha value is -2.56. The minimum atomic E-state index is -0.391. The average Bonchev–Trinajstić information content (AvgIpc) is 3.38. The predicted octanol–water partition coefficient (Wildman–Crippen LogP) is 5.70. The third-order valence-electron chi connectivity index (χ3n) is 5.95. The van der Waals surface area contributed by atoms with Gasteiger partial charge in [0.15, 0.2) is 17.1 Å². The number of thioether (sulfide) groups is 1. The number of nitrogens with zero attached hydrogens (tertiary/aromatic N) is 3. The van der Waals surface area contributed by atoms with Crippen molar-refractivity contribution in [2.75, 3.05) is 17.7 Å². The number of anilines is 1. The number of nitrogens with one attached hydrogen (secondary N) is 1. The highest BCUT2D eigenvalue weighted by Crippen LogP contribution is 2.40. The molecule has 2 heterocycles. The van der Waals surface area contributed by atoms with Crippen LogP contribution in [0.3, 0.4) is 0 Å². The maximum atomic E-state index is 12.9. The molecule has 2 atom stereocenters. The standard InChI is InChI=1S/C25H29ClN4O4S2/c1-5-33-24(32)21-16-11-10-14(2)12-19(16)36-23(21)27-20(31)13-35-25-29-28-22(30(25)4)15(3)34-18-9-7-6-8-17(18)26/h6-9,14-15H,5,10-13H2,1-4H3,(H,27,31). The number of para-hydroxylation sites is 1. The van der Waals surface area contributed by atoms with E-state index in [0.717, 1.165) is 29.7 Å². The predicted molar refractivity (Wildman–Crippen MR) is 142 cm³/mol. The summed E-state index contributed by atoms with van der Waals surface area (Å²) >= 11 is 8.94. The van der Waals surface area contributed by atoms with Gasteiger partial charge < -0.3 is 19.4 Å². The summed E-state index contributed by atoms with van der Waals surface area (Å²) in [6, 6.07) is 7.24. The fourth-order valence-electron chi connectivity index (χ4n) is 4.14. The molecule has 4 rings (SSSR count). The van der Waals surface area contributed by atoms with Crippen molar-refractivity contribution in [3.8, 4) is 5.75 Å². The molecule has 0 saturated carbocycles. The van der Waals surface area contributed by atoms with Gasteiger partial charge in [-0.25, -0.2) is 4.79 Å². The first-order valence-electron chi connectivity index (χ1n) is 11.8. The molecule has 0 spiro atoms. The topological polar surface area (TPSA) is 95.3 Å². The highest BCUT2D eigenvalue weighted by molar-refractivity contribution is 7.99. The van der Waals surface area contributed by atoms with Crippen LogP contribution < -0.4 is 10.1 Å². The number of amides is 1. The number of carbonyl (C=O) groups excluding carboxylic acids is 2. The summed E-state index contributed by atoms with van der Waals surface area (Å²) in [4.78, 5) is 26.7. The number of benzene rings is 1. The van der Waals surface area contributed by atoms with Crippen LogP contribution in [0.15, 0.2) is 29.4 Å². The molecule has 0 aliphatic heterocycles. The van der Waals surface area contributed by atoms with Gasteiger partial charge in [-0.2, -0.15) is 0 Å². The highest BCUT2D eigenvalue weighted by atomic mass is 35.5. The molecular weight excluding hydrogens is 520 g/mol. The Morgan fingerprint density at radius 2 is 2.11 bits per heavy atom. The summed E-state index contributed by atoms with van der Waals surface area (Å²) in [5.74, 6) is 1.25. The lowest BCUT2D eigenvalue weighted by atomic mass is 9.88. The van der Waals surface area contributed by atoms with Crippen LogP contribution in [-0.2, 0) is 29.4 Å². The van der Waals surface area contributed by atoms with Crippen LogP contribution in [0.25, 0.3) is 0 Å². The number of ether oxygens (including phenoxy) is 2. The summed E-state index contributed by atoms with van der Waals surface area (Å²) < 4.78 is 13.0. The van der Waals surface area contributed by atoms with Crippen molar-refractivity contribution in [2.24, 2.45) is 13.0 Å². The first kappa shape index (κ1) is 26.5. The quantitative estimate of drug-likeness (QED) is 0.270. The minimum absolute atomic E-state index is 0.118. The summed E-state index contributed by atoms with van der Waals surface area (Å²) in [5, 5.41) is 13.1. The summed E-state index contributed by atoms with van der Waals surface area (Å²) in [6.07, 6.45) is 2.36. The third kappa shape index (κ3) is 5.87. The number of fused-ring (bicyclic) bond motifs is 1. The summed E-state index contributed by atoms with van der Waals surface area (Å²) in [5.41, 5.74) is 1.53. The summed E-state index contributed by atoms with van der Waals surface area (Å²) in [6.45, 7) is 6.14. The molecule has 3 aromatic rings. The van der Waals surface area contributed by atoms with Gasteiger partial charge in [0.2, 0.25) is 5.91 Å². The largest absolute Gasteiger partial charge is 0.481 e. The van der Waals surface area contributed by atoms with Crippen molar-refractivity contribution >= 4 is 51.6 Å². The van der Waals surface area contributed by atoms with Crippen LogP contribution in [0.4, 0.5) is 5.00 Å². The first-order valence-corrected chi connectivity index (χ1v) is 14.0. The monoisotopic (exact) mass is 548 g/mol. The average molecular weight is 549 g/mol. The maximum Gasteiger partial charge on any atom is 0.341 e. The normalized spacial score (nSPS) is 15.8. The van der Waals surface area contributed by atoms with E-state index in [9.17, 15) is 9.59 Å². The van der Waals surface area contributed by atoms with E-state index >= 15 is 0 Å². The van der Waals surface area contributed by atoms with E-state index < -0.39 is 6.10 Å². The van der Waals surface area contributed by atoms with Gasteiger partial charge >= 0.3 is 5.97 Å². The second-order valence-electron chi connectivity index (χ2n) is 8.70. The molecule has 1 aliphatic carbocycles. The number of rotatable bonds is 9. The van der Waals surface area contributed by atoms with Gasteiger partial charge in [-0.05, 0) is 56.7 Å². The number of esters is 1. The molecular formula is C25H29ClN4O4S2. The van der Waals surface area contributed by atoms with Crippen molar-refractivity contribution in [1.82, 2.24) is 14.8 Å². The van der Waals surface area contributed by atoms with Gasteiger partial charge in [0, 0.05) is 11.9 Å². The fraction of sp³-hybridized carbons (Fsp3) is 0.440. The van der Waals surface area contributed by atoms with Gasteiger partial charge in [-0.1, -0.05) is 42.4 Å². The number of hydrogen-bond acceptors (Lipinski definition) is 8. The zero-order valence-electron chi connectivity index (χ0n) is 20.7. The number of hydrogen-bond donors (Lipinski definition) is 1. The molecule has 2 aromatic heterocycles. The molecule has 1 aromatic carbocycles. The van der Waals surface area contributed by atoms with Gasteiger partial charge in [0.25, 0.3) is 0 Å². The van der Waals surface area contributed by atoms with E-state index in [-0.39, 0.29) is 24.2 Å². The van der Waals surface area contributed by atoms with Crippen molar-refractivity contribution in [3.63, 3.8) is 0 Å². The first-order chi connectivity index (χ1) is 17.3. The molecule has 0 fully saturated rings. The summed E-state index contributed by atoms with van der Waals surface area (Å²) in [7, 11) is 1.83. The van der Waals surface area contributed by atoms with Crippen molar-refractivity contribution in [1.29, 1.82) is 0 Å².